The SMILES string of the molecule is CC(=O)OCC1OC(CN)[C@H](N)[C@H]2OC(C)(C)O[C@@H]12. The molecule has 0 aliphatic carbocycles. The summed E-state index contributed by atoms with van der Waals surface area (Å²) in [7, 11) is 0. The lowest BCUT2D eigenvalue weighted by Gasteiger charge is -2.40. The van der Waals surface area contributed by atoms with E-state index in [2.05, 4.69) is 0 Å². The second-order valence-electron chi connectivity index (χ2n) is 5.39. The molecule has 0 aromatic heterocycles. The number of rotatable bonds is 3. The average molecular weight is 274 g/mol. The van der Waals surface area contributed by atoms with Crippen molar-refractivity contribution >= 4 is 5.97 Å². The lowest BCUT2D eigenvalue weighted by molar-refractivity contribution is -0.176. The van der Waals surface area contributed by atoms with Crippen molar-refractivity contribution in [3.05, 3.63) is 0 Å². The molecule has 2 aliphatic heterocycles. The first-order valence-electron chi connectivity index (χ1n) is 6.44. The summed E-state index contributed by atoms with van der Waals surface area (Å²) in [5.74, 6) is -1.09. The Hall–Kier alpha value is -0.730. The molecule has 2 unspecified atom stereocenters. The molecule has 2 rings (SSSR count). The molecule has 4 N–H and O–H groups in total. The molecule has 19 heavy (non-hydrogen) atoms. The monoisotopic (exact) mass is 274 g/mol. The van der Waals surface area contributed by atoms with E-state index >= 15 is 0 Å². The first kappa shape index (κ1) is 14.7. The Morgan fingerprint density at radius 2 is 1.89 bits per heavy atom. The van der Waals surface area contributed by atoms with Gasteiger partial charge in [-0.05, 0) is 13.8 Å². The van der Waals surface area contributed by atoms with Gasteiger partial charge in [0, 0.05) is 13.5 Å². The number of fused-ring (bicyclic) bond motifs is 1. The van der Waals surface area contributed by atoms with Crippen LogP contribution in [-0.4, -0.2) is 55.4 Å². The van der Waals surface area contributed by atoms with Crippen molar-refractivity contribution in [3.8, 4) is 0 Å². The van der Waals surface area contributed by atoms with E-state index in [0.29, 0.717) is 0 Å². The van der Waals surface area contributed by atoms with Crippen LogP contribution >= 0.6 is 0 Å². The Balaban J connectivity index is 2.11. The molecular weight excluding hydrogens is 252 g/mol. The second kappa shape index (κ2) is 5.34. The lowest BCUT2D eigenvalue weighted by Crippen LogP contribution is -2.62. The summed E-state index contributed by atoms with van der Waals surface area (Å²) in [6.07, 6.45) is -1.41. The fourth-order valence-electron chi connectivity index (χ4n) is 2.55. The van der Waals surface area contributed by atoms with Crippen LogP contribution in [0.4, 0.5) is 0 Å². The highest BCUT2D eigenvalue weighted by atomic mass is 16.8. The van der Waals surface area contributed by atoms with Gasteiger partial charge in [-0.2, -0.15) is 0 Å². The van der Waals surface area contributed by atoms with Gasteiger partial charge >= 0.3 is 5.97 Å². The van der Waals surface area contributed by atoms with Gasteiger partial charge in [0.25, 0.3) is 0 Å². The Morgan fingerprint density at radius 3 is 2.47 bits per heavy atom. The van der Waals surface area contributed by atoms with Crippen molar-refractivity contribution in [2.45, 2.75) is 57.0 Å². The molecule has 2 fully saturated rings. The van der Waals surface area contributed by atoms with Crippen molar-refractivity contribution in [3.63, 3.8) is 0 Å². The van der Waals surface area contributed by atoms with Crippen LogP contribution in [0.5, 0.6) is 0 Å². The van der Waals surface area contributed by atoms with E-state index in [1.54, 1.807) is 0 Å². The molecule has 0 spiro atoms. The third-order valence-corrected chi connectivity index (χ3v) is 3.37. The smallest absolute Gasteiger partial charge is 0.302 e. The van der Waals surface area contributed by atoms with E-state index in [9.17, 15) is 4.79 Å². The van der Waals surface area contributed by atoms with Gasteiger partial charge < -0.3 is 30.4 Å². The molecule has 0 bridgehead atoms. The fraction of sp³-hybridized carbons (Fsp3) is 0.917. The number of esters is 1. The molecular formula is C12H22N2O5. The summed E-state index contributed by atoms with van der Waals surface area (Å²) in [5.41, 5.74) is 11.7. The highest BCUT2D eigenvalue weighted by Crippen LogP contribution is 2.36. The van der Waals surface area contributed by atoms with Crippen molar-refractivity contribution in [1.29, 1.82) is 0 Å². The summed E-state index contributed by atoms with van der Waals surface area (Å²) >= 11 is 0. The predicted molar refractivity (Wildman–Crippen MR) is 66.1 cm³/mol. The van der Waals surface area contributed by atoms with Crippen LogP contribution in [0, 0.1) is 0 Å². The quantitative estimate of drug-likeness (QED) is 0.644. The van der Waals surface area contributed by atoms with E-state index in [-0.39, 0.29) is 43.5 Å². The van der Waals surface area contributed by atoms with Gasteiger partial charge in [0.1, 0.15) is 24.9 Å². The molecule has 0 aromatic rings. The average Bonchev–Trinajstić information content (AvgIpc) is 2.64. The maximum atomic E-state index is 10.9. The number of hydrogen-bond acceptors (Lipinski definition) is 7. The van der Waals surface area contributed by atoms with E-state index < -0.39 is 11.9 Å². The minimum atomic E-state index is -0.728. The van der Waals surface area contributed by atoms with Gasteiger partial charge in [-0.3, -0.25) is 4.79 Å². The number of hydrogen-bond donors (Lipinski definition) is 2. The van der Waals surface area contributed by atoms with E-state index in [0.717, 1.165) is 0 Å². The zero-order valence-electron chi connectivity index (χ0n) is 11.5. The molecule has 0 aromatic carbocycles. The number of ether oxygens (including phenoxy) is 4. The molecule has 0 saturated carbocycles. The van der Waals surface area contributed by atoms with Crippen molar-refractivity contribution in [2.24, 2.45) is 11.5 Å². The van der Waals surface area contributed by atoms with Crippen molar-refractivity contribution in [1.82, 2.24) is 0 Å². The molecule has 5 atom stereocenters. The van der Waals surface area contributed by atoms with E-state index in [4.69, 9.17) is 30.4 Å². The summed E-state index contributed by atoms with van der Waals surface area (Å²) < 4.78 is 22.4. The molecule has 7 heteroatoms. The second-order valence-corrected chi connectivity index (χ2v) is 5.39. The molecule has 0 amide bonds. The van der Waals surface area contributed by atoms with E-state index in [1.807, 2.05) is 13.8 Å². The molecule has 2 saturated heterocycles. The van der Waals surface area contributed by atoms with Crippen LogP contribution in [0.3, 0.4) is 0 Å². The predicted octanol–water partition coefficient (Wildman–Crippen LogP) is -0.877. The standard InChI is InChI=1S/C12H22N2O5/c1-6(15)16-5-8-10-11(19-12(2,3)18-10)9(14)7(4-13)17-8/h7-11H,4-5,13-14H2,1-3H3/t7?,8?,9-,10-,11+/m0/s1. The Kier molecular flexibility index (Phi) is 4.12. The third-order valence-electron chi connectivity index (χ3n) is 3.37. The zero-order valence-corrected chi connectivity index (χ0v) is 11.5. The highest BCUT2D eigenvalue weighted by molar-refractivity contribution is 5.65. The minimum Gasteiger partial charge on any atom is -0.463 e. The van der Waals surface area contributed by atoms with Gasteiger partial charge in [0.2, 0.25) is 0 Å². The first-order valence-corrected chi connectivity index (χ1v) is 6.44. The summed E-state index contributed by atoms with van der Waals surface area (Å²) in [4.78, 5) is 10.9. The number of nitrogens with two attached hydrogens (primary N) is 2. The van der Waals surface area contributed by atoms with Crippen LogP contribution in [0.2, 0.25) is 0 Å². The molecule has 0 radical (unpaired) electrons. The lowest BCUT2D eigenvalue weighted by atomic mass is 9.93. The van der Waals surface area contributed by atoms with Gasteiger partial charge in [-0.25, -0.2) is 0 Å². The van der Waals surface area contributed by atoms with Crippen molar-refractivity contribution in [2.75, 3.05) is 13.2 Å². The number of carbonyl (C=O) groups is 1. The molecule has 110 valence electrons. The Bertz CT molecular complexity index is 349. The van der Waals surface area contributed by atoms with Crippen LogP contribution in [0.15, 0.2) is 0 Å². The van der Waals surface area contributed by atoms with Crippen LogP contribution in [0.1, 0.15) is 20.8 Å². The third kappa shape index (κ3) is 3.06. The van der Waals surface area contributed by atoms with Crippen LogP contribution in [-0.2, 0) is 23.7 Å². The van der Waals surface area contributed by atoms with Crippen molar-refractivity contribution < 1.29 is 23.7 Å². The summed E-state index contributed by atoms with van der Waals surface area (Å²) in [6.45, 7) is 5.38. The van der Waals surface area contributed by atoms with Gasteiger partial charge in [0.15, 0.2) is 5.79 Å². The summed E-state index contributed by atoms with van der Waals surface area (Å²) in [5, 5.41) is 0. The Labute approximate surface area is 112 Å². The maximum Gasteiger partial charge on any atom is 0.302 e. The molecule has 7 nitrogen and oxygen atoms in total. The highest BCUT2D eigenvalue weighted by Gasteiger charge is 2.53. The van der Waals surface area contributed by atoms with Gasteiger partial charge in [-0.15, -0.1) is 0 Å². The largest absolute Gasteiger partial charge is 0.463 e. The maximum absolute atomic E-state index is 10.9. The minimum absolute atomic E-state index is 0.110. The van der Waals surface area contributed by atoms with E-state index in [1.165, 1.54) is 6.92 Å². The summed E-state index contributed by atoms with van der Waals surface area (Å²) in [6, 6.07) is -0.356. The molecule has 2 heterocycles. The van der Waals surface area contributed by atoms with Gasteiger partial charge in [0.05, 0.1) is 12.1 Å². The van der Waals surface area contributed by atoms with Crippen LogP contribution < -0.4 is 11.5 Å². The Morgan fingerprint density at radius 1 is 1.26 bits per heavy atom. The fourth-order valence-corrected chi connectivity index (χ4v) is 2.55. The topological polar surface area (TPSA) is 106 Å². The molecule has 2 aliphatic rings. The first-order chi connectivity index (χ1) is 8.84. The number of carbonyl (C=O) groups excluding carboxylic acids is 1. The zero-order chi connectivity index (χ0) is 14.2. The normalized spacial score (nSPS) is 40.8. The van der Waals surface area contributed by atoms with Gasteiger partial charge in [-0.1, -0.05) is 0 Å². The van der Waals surface area contributed by atoms with Crippen LogP contribution in [0.25, 0.3) is 0 Å².